The Morgan fingerprint density at radius 1 is 1.16 bits per heavy atom. The predicted octanol–water partition coefficient (Wildman–Crippen LogP) is 4.08. The highest BCUT2D eigenvalue weighted by Gasteiger charge is 2.20. The number of hydrogen-bond acceptors (Lipinski definition) is 2. The normalized spacial score (nSPS) is 16.9. The van der Waals surface area contributed by atoms with Gasteiger partial charge in [0, 0.05) is 6.20 Å². The maximum Gasteiger partial charge on any atom is 0.129 e. The largest absolute Gasteiger partial charge is 0.384 e. The molecule has 0 radical (unpaired) electrons. The number of hydrogen-bond donors (Lipinski definition) is 1. The van der Waals surface area contributed by atoms with Crippen LogP contribution in [0.15, 0.2) is 42.6 Å². The van der Waals surface area contributed by atoms with Gasteiger partial charge >= 0.3 is 0 Å². The fraction of sp³-hybridized carbons (Fsp3) is 0.312. The SMILES string of the molecule is OC(c1cccc(C2CCC2)c1)c1ccnc(Cl)c1. The summed E-state index contributed by atoms with van der Waals surface area (Å²) in [6.07, 6.45) is 4.83. The van der Waals surface area contributed by atoms with E-state index in [1.807, 2.05) is 12.1 Å². The Morgan fingerprint density at radius 2 is 1.95 bits per heavy atom. The molecule has 1 aromatic heterocycles. The molecule has 3 rings (SSSR count). The van der Waals surface area contributed by atoms with Crippen molar-refractivity contribution >= 4 is 11.6 Å². The Labute approximate surface area is 118 Å². The molecule has 3 heteroatoms. The van der Waals surface area contributed by atoms with Crippen molar-refractivity contribution in [1.29, 1.82) is 0 Å². The molecule has 1 aliphatic rings. The molecular formula is C16H16ClNO. The van der Waals surface area contributed by atoms with Crippen molar-refractivity contribution in [3.63, 3.8) is 0 Å². The molecule has 1 heterocycles. The first-order valence-electron chi connectivity index (χ1n) is 6.63. The molecule has 1 aromatic carbocycles. The van der Waals surface area contributed by atoms with Gasteiger partial charge in [-0.2, -0.15) is 0 Å². The van der Waals surface area contributed by atoms with Gasteiger partial charge in [-0.25, -0.2) is 4.98 Å². The second-order valence-electron chi connectivity index (χ2n) is 5.11. The summed E-state index contributed by atoms with van der Waals surface area (Å²) in [7, 11) is 0. The van der Waals surface area contributed by atoms with Gasteiger partial charge in [0.1, 0.15) is 11.3 Å². The van der Waals surface area contributed by atoms with Crippen LogP contribution in [0.25, 0.3) is 0 Å². The molecular weight excluding hydrogens is 258 g/mol. The highest BCUT2D eigenvalue weighted by molar-refractivity contribution is 6.29. The van der Waals surface area contributed by atoms with Crippen molar-refractivity contribution < 1.29 is 5.11 Å². The van der Waals surface area contributed by atoms with Gasteiger partial charge in [-0.3, -0.25) is 0 Å². The number of aliphatic hydroxyl groups excluding tert-OH is 1. The molecule has 1 unspecified atom stereocenters. The standard InChI is InChI=1S/C16H16ClNO/c17-15-10-14(7-8-18-15)16(19)13-6-2-5-12(9-13)11-3-1-4-11/h2,5-11,16,19H,1,3-4H2. The van der Waals surface area contributed by atoms with Crippen LogP contribution in [0.5, 0.6) is 0 Å². The van der Waals surface area contributed by atoms with Gasteiger partial charge in [-0.15, -0.1) is 0 Å². The summed E-state index contributed by atoms with van der Waals surface area (Å²) in [5, 5.41) is 10.8. The van der Waals surface area contributed by atoms with E-state index in [0.717, 1.165) is 11.1 Å². The van der Waals surface area contributed by atoms with E-state index in [4.69, 9.17) is 11.6 Å². The van der Waals surface area contributed by atoms with Crippen molar-refractivity contribution in [2.24, 2.45) is 0 Å². The van der Waals surface area contributed by atoms with Gasteiger partial charge in [-0.1, -0.05) is 42.3 Å². The number of rotatable bonds is 3. The summed E-state index contributed by atoms with van der Waals surface area (Å²) in [6, 6.07) is 11.8. The number of benzene rings is 1. The molecule has 1 saturated carbocycles. The molecule has 19 heavy (non-hydrogen) atoms. The summed E-state index contributed by atoms with van der Waals surface area (Å²) in [5.41, 5.74) is 3.04. The maximum absolute atomic E-state index is 10.4. The van der Waals surface area contributed by atoms with Crippen molar-refractivity contribution in [3.05, 3.63) is 64.4 Å². The Kier molecular flexibility index (Phi) is 3.54. The van der Waals surface area contributed by atoms with Crippen LogP contribution in [0.1, 0.15) is 48.0 Å². The molecule has 1 fully saturated rings. The Hall–Kier alpha value is -1.38. The average molecular weight is 274 g/mol. The maximum atomic E-state index is 10.4. The van der Waals surface area contributed by atoms with E-state index in [2.05, 4.69) is 17.1 Å². The topological polar surface area (TPSA) is 33.1 Å². The van der Waals surface area contributed by atoms with Gasteiger partial charge in [0.2, 0.25) is 0 Å². The van der Waals surface area contributed by atoms with Gasteiger partial charge in [0.05, 0.1) is 0 Å². The molecule has 0 bridgehead atoms. The highest BCUT2D eigenvalue weighted by atomic mass is 35.5. The van der Waals surface area contributed by atoms with Crippen LogP contribution in [0.4, 0.5) is 0 Å². The molecule has 98 valence electrons. The second-order valence-corrected chi connectivity index (χ2v) is 5.50. The van der Waals surface area contributed by atoms with E-state index >= 15 is 0 Å². The molecule has 0 saturated heterocycles. The summed E-state index contributed by atoms with van der Waals surface area (Å²) >= 11 is 5.87. The van der Waals surface area contributed by atoms with E-state index in [9.17, 15) is 5.11 Å². The van der Waals surface area contributed by atoms with Crippen molar-refractivity contribution in [1.82, 2.24) is 4.98 Å². The monoisotopic (exact) mass is 273 g/mol. The van der Waals surface area contributed by atoms with Crippen molar-refractivity contribution in [3.8, 4) is 0 Å². The van der Waals surface area contributed by atoms with Crippen LogP contribution in [0.2, 0.25) is 5.15 Å². The predicted molar refractivity (Wildman–Crippen MR) is 76.3 cm³/mol. The number of halogens is 1. The first kappa shape index (κ1) is 12.6. The Morgan fingerprint density at radius 3 is 2.63 bits per heavy atom. The number of aliphatic hydroxyl groups is 1. The first-order chi connectivity index (χ1) is 9.24. The smallest absolute Gasteiger partial charge is 0.129 e. The third kappa shape index (κ3) is 2.65. The molecule has 0 spiro atoms. The summed E-state index contributed by atoms with van der Waals surface area (Å²) < 4.78 is 0. The first-order valence-corrected chi connectivity index (χ1v) is 7.01. The quantitative estimate of drug-likeness (QED) is 0.855. The van der Waals surface area contributed by atoms with Gasteiger partial charge in [0.15, 0.2) is 0 Å². The lowest BCUT2D eigenvalue weighted by molar-refractivity contribution is 0.220. The third-order valence-electron chi connectivity index (χ3n) is 3.87. The van der Waals surface area contributed by atoms with E-state index in [1.165, 1.54) is 24.8 Å². The van der Waals surface area contributed by atoms with E-state index in [0.29, 0.717) is 11.1 Å². The summed E-state index contributed by atoms with van der Waals surface area (Å²) in [5.74, 6) is 0.674. The number of pyridine rings is 1. The van der Waals surface area contributed by atoms with Crippen molar-refractivity contribution in [2.45, 2.75) is 31.3 Å². The van der Waals surface area contributed by atoms with Crippen LogP contribution in [-0.2, 0) is 0 Å². The molecule has 1 atom stereocenters. The van der Waals surface area contributed by atoms with E-state index < -0.39 is 6.10 Å². The lowest BCUT2D eigenvalue weighted by Crippen LogP contribution is -2.09. The van der Waals surface area contributed by atoms with Crippen LogP contribution >= 0.6 is 11.6 Å². The van der Waals surface area contributed by atoms with Crippen LogP contribution < -0.4 is 0 Å². The summed E-state index contributed by atoms with van der Waals surface area (Å²) in [4.78, 5) is 3.94. The van der Waals surface area contributed by atoms with Crippen molar-refractivity contribution in [2.75, 3.05) is 0 Å². The number of nitrogens with zero attached hydrogens (tertiary/aromatic N) is 1. The average Bonchev–Trinajstić information content (AvgIpc) is 2.36. The lowest BCUT2D eigenvalue weighted by atomic mass is 9.79. The van der Waals surface area contributed by atoms with E-state index in [-0.39, 0.29) is 0 Å². The molecule has 2 aromatic rings. The van der Waals surface area contributed by atoms with E-state index in [1.54, 1.807) is 18.3 Å². The van der Waals surface area contributed by atoms with Crippen LogP contribution in [0.3, 0.4) is 0 Å². The molecule has 0 amide bonds. The molecule has 2 nitrogen and oxygen atoms in total. The zero-order valence-electron chi connectivity index (χ0n) is 10.6. The fourth-order valence-electron chi connectivity index (χ4n) is 2.50. The van der Waals surface area contributed by atoms with Crippen LogP contribution in [-0.4, -0.2) is 10.1 Å². The minimum Gasteiger partial charge on any atom is -0.384 e. The highest BCUT2D eigenvalue weighted by Crippen LogP contribution is 2.37. The fourth-order valence-corrected chi connectivity index (χ4v) is 2.69. The van der Waals surface area contributed by atoms with Gasteiger partial charge in [0.25, 0.3) is 0 Å². The lowest BCUT2D eigenvalue weighted by Gasteiger charge is -2.26. The zero-order valence-corrected chi connectivity index (χ0v) is 11.3. The Bertz CT molecular complexity index is 580. The molecule has 1 N–H and O–H groups in total. The zero-order chi connectivity index (χ0) is 13.2. The van der Waals surface area contributed by atoms with Gasteiger partial charge in [-0.05, 0) is 47.6 Å². The summed E-state index contributed by atoms with van der Waals surface area (Å²) in [6.45, 7) is 0. The minimum atomic E-state index is -0.638. The second kappa shape index (κ2) is 5.32. The molecule has 1 aliphatic carbocycles. The Balaban J connectivity index is 1.88. The van der Waals surface area contributed by atoms with Gasteiger partial charge < -0.3 is 5.11 Å². The minimum absolute atomic E-state index is 0.409. The van der Waals surface area contributed by atoms with Crippen LogP contribution in [0, 0.1) is 0 Å². The number of aromatic nitrogens is 1. The third-order valence-corrected chi connectivity index (χ3v) is 4.08. The molecule has 0 aliphatic heterocycles.